The highest BCUT2D eigenvalue weighted by Gasteiger charge is 2.49. The number of carbonyl (C=O) groups excluding carboxylic acids is 3. The van der Waals surface area contributed by atoms with Gasteiger partial charge in [0.2, 0.25) is 0 Å². The van der Waals surface area contributed by atoms with Gasteiger partial charge in [0, 0.05) is 25.9 Å². The first-order valence-electron chi connectivity index (χ1n) is 7.32. The molecule has 6 nitrogen and oxygen atoms in total. The summed E-state index contributed by atoms with van der Waals surface area (Å²) in [5, 5.41) is 2.74. The minimum Gasteiger partial charge on any atom is -0.466 e. The third kappa shape index (κ3) is 2.34. The van der Waals surface area contributed by atoms with Crippen molar-refractivity contribution in [3.05, 3.63) is 23.8 Å². The zero-order valence-electron chi connectivity index (χ0n) is 12.6. The van der Waals surface area contributed by atoms with E-state index in [1.54, 1.807) is 12.1 Å². The number of nitrogens with one attached hydrogen (secondary N) is 1. The molecule has 0 aromatic heterocycles. The van der Waals surface area contributed by atoms with E-state index in [4.69, 9.17) is 4.74 Å². The van der Waals surface area contributed by atoms with Gasteiger partial charge < -0.3 is 15.0 Å². The maximum absolute atomic E-state index is 12.7. The molecule has 2 heterocycles. The molecule has 0 spiro atoms. The van der Waals surface area contributed by atoms with Crippen molar-refractivity contribution in [2.75, 3.05) is 18.4 Å². The number of nitrogens with zero attached hydrogens (tertiary/aromatic N) is 1. The van der Waals surface area contributed by atoms with Crippen molar-refractivity contribution >= 4 is 23.3 Å². The number of anilines is 1. The third-order valence-electron chi connectivity index (χ3n) is 4.15. The minimum absolute atomic E-state index is 0.143. The van der Waals surface area contributed by atoms with Crippen LogP contribution in [-0.2, 0) is 14.4 Å². The van der Waals surface area contributed by atoms with Gasteiger partial charge >= 0.3 is 0 Å². The van der Waals surface area contributed by atoms with Crippen molar-refractivity contribution in [1.29, 1.82) is 0 Å². The average molecular weight is 302 g/mol. The molecule has 1 fully saturated rings. The minimum atomic E-state index is -1.59. The van der Waals surface area contributed by atoms with Gasteiger partial charge in [-0.15, -0.1) is 0 Å². The SMILES string of the molecule is Cc1ccc2c(c1)NC(=O)C(C)(C(=O)N1CCC(=O)CC1)O2. The van der Waals surface area contributed by atoms with E-state index in [1.807, 2.05) is 13.0 Å². The number of hydrogen-bond acceptors (Lipinski definition) is 4. The second kappa shape index (κ2) is 5.12. The molecule has 1 N–H and O–H groups in total. The molecule has 1 unspecified atom stereocenters. The van der Waals surface area contributed by atoms with Crippen LogP contribution in [0.25, 0.3) is 0 Å². The Bertz CT molecular complexity index is 660. The molecule has 1 atom stereocenters. The number of rotatable bonds is 1. The Balaban J connectivity index is 1.86. The zero-order valence-corrected chi connectivity index (χ0v) is 12.6. The monoisotopic (exact) mass is 302 g/mol. The highest BCUT2D eigenvalue weighted by atomic mass is 16.5. The summed E-state index contributed by atoms with van der Waals surface area (Å²) in [4.78, 5) is 37.9. The number of amides is 2. The number of benzene rings is 1. The highest BCUT2D eigenvalue weighted by molar-refractivity contribution is 6.15. The second-order valence-electron chi connectivity index (χ2n) is 5.92. The summed E-state index contributed by atoms with van der Waals surface area (Å²) in [6.07, 6.45) is 0.665. The van der Waals surface area contributed by atoms with Crippen molar-refractivity contribution in [3.63, 3.8) is 0 Å². The molecule has 116 valence electrons. The number of Topliss-reactive ketones (excluding diaryl/α,β-unsaturated/α-hetero) is 1. The van der Waals surface area contributed by atoms with Gasteiger partial charge in [0.05, 0.1) is 5.69 Å². The molecule has 2 amide bonds. The molecule has 0 saturated carbocycles. The molecule has 22 heavy (non-hydrogen) atoms. The van der Waals surface area contributed by atoms with Crippen LogP contribution in [0, 0.1) is 6.92 Å². The first-order chi connectivity index (χ1) is 10.4. The Morgan fingerprint density at radius 2 is 1.95 bits per heavy atom. The van der Waals surface area contributed by atoms with Gasteiger partial charge in [0.25, 0.3) is 17.4 Å². The van der Waals surface area contributed by atoms with Crippen LogP contribution in [0.2, 0.25) is 0 Å². The van der Waals surface area contributed by atoms with Gasteiger partial charge in [-0.3, -0.25) is 14.4 Å². The highest BCUT2D eigenvalue weighted by Crippen LogP contribution is 2.35. The van der Waals surface area contributed by atoms with Crippen molar-refractivity contribution in [2.45, 2.75) is 32.3 Å². The molecule has 0 bridgehead atoms. The number of hydrogen-bond donors (Lipinski definition) is 1. The fourth-order valence-corrected chi connectivity index (χ4v) is 2.74. The fraction of sp³-hybridized carbons (Fsp3) is 0.438. The summed E-state index contributed by atoms with van der Waals surface area (Å²) < 4.78 is 5.74. The molecule has 3 rings (SSSR count). The number of fused-ring (bicyclic) bond motifs is 1. The van der Waals surface area contributed by atoms with E-state index in [0.29, 0.717) is 37.4 Å². The molecular formula is C16H18N2O4. The maximum Gasteiger partial charge on any atom is 0.278 e. The predicted octanol–water partition coefficient (Wildman–Crippen LogP) is 1.28. The second-order valence-corrected chi connectivity index (χ2v) is 5.92. The summed E-state index contributed by atoms with van der Waals surface area (Å²) in [6.45, 7) is 4.06. The Morgan fingerprint density at radius 1 is 1.27 bits per heavy atom. The van der Waals surface area contributed by atoms with Crippen molar-refractivity contribution in [2.24, 2.45) is 0 Å². The number of ketones is 1. The van der Waals surface area contributed by atoms with E-state index in [1.165, 1.54) is 11.8 Å². The number of aryl methyl sites for hydroxylation is 1. The summed E-state index contributed by atoms with van der Waals surface area (Å²) >= 11 is 0. The van der Waals surface area contributed by atoms with Crippen LogP contribution in [0.3, 0.4) is 0 Å². The molecule has 0 aliphatic carbocycles. The van der Waals surface area contributed by atoms with E-state index >= 15 is 0 Å². The molecular weight excluding hydrogens is 284 g/mol. The largest absolute Gasteiger partial charge is 0.466 e. The molecule has 1 saturated heterocycles. The van der Waals surface area contributed by atoms with E-state index in [9.17, 15) is 14.4 Å². The fourth-order valence-electron chi connectivity index (χ4n) is 2.74. The summed E-state index contributed by atoms with van der Waals surface area (Å²) in [5.74, 6) is -0.255. The molecule has 0 radical (unpaired) electrons. The van der Waals surface area contributed by atoms with Crippen LogP contribution in [0.5, 0.6) is 5.75 Å². The van der Waals surface area contributed by atoms with Gasteiger partial charge in [0.15, 0.2) is 0 Å². The van der Waals surface area contributed by atoms with E-state index in [0.717, 1.165) is 5.56 Å². The zero-order chi connectivity index (χ0) is 15.9. The van der Waals surface area contributed by atoms with Crippen LogP contribution in [0.1, 0.15) is 25.3 Å². The van der Waals surface area contributed by atoms with Gasteiger partial charge in [0.1, 0.15) is 11.5 Å². The number of piperidine rings is 1. The molecule has 1 aromatic carbocycles. The van der Waals surface area contributed by atoms with E-state index in [-0.39, 0.29) is 5.78 Å². The Kier molecular flexibility index (Phi) is 3.39. The summed E-state index contributed by atoms with van der Waals surface area (Å²) in [5.41, 5.74) is -0.0287. The van der Waals surface area contributed by atoms with Crippen LogP contribution in [-0.4, -0.2) is 41.2 Å². The van der Waals surface area contributed by atoms with Gasteiger partial charge in [-0.25, -0.2) is 0 Å². The Morgan fingerprint density at radius 3 is 2.64 bits per heavy atom. The lowest BCUT2D eigenvalue weighted by molar-refractivity contribution is -0.155. The number of ether oxygens (including phenoxy) is 1. The van der Waals surface area contributed by atoms with Crippen LogP contribution in [0.15, 0.2) is 18.2 Å². The lowest BCUT2D eigenvalue weighted by atomic mass is 9.98. The van der Waals surface area contributed by atoms with Gasteiger partial charge in [-0.05, 0) is 31.5 Å². The smallest absolute Gasteiger partial charge is 0.278 e. The number of likely N-dealkylation sites (tertiary alicyclic amines) is 1. The van der Waals surface area contributed by atoms with Crippen LogP contribution >= 0.6 is 0 Å². The van der Waals surface area contributed by atoms with Crippen molar-refractivity contribution in [1.82, 2.24) is 4.90 Å². The summed E-state index contributed by atoms with van der Waals surface area (Å²) in [6, 6.07) is 5.41. The first kappa shape index (κ1) is 14.6. The third-order valence-corrected chi connectivity index (χ3v) is 4.15. The molecule has 1 aromatic rings. The first-order valence-corrected chi connectivity index (χ1v) is 7.32. The molecule has 2 aliphatic heterocycles. The molecule has 6 heteroatoms. The standard InChI is InChI=1S/C16H18N2O4/c1-10-3-4-13-12(9-10)17-14(20)16(2,22-13)15(21)18-7-5-11(19)6-8-18/h3-4,9H,5-8H2,1-2H3,(H,17,20). The van der Waals surface area contributed by atoms with Gasteiger partial charge in [-0.2, -0.15) is 0 Å². The van der Waals surface area contributed by atoms with Crippen molar-refractivity contribution < 1.29 is 19.1 Å². The topological polar surface area (TPSA) is 75.7 Å². The number of carbonyl (C=O) groups is 3. The van der Waals surface area contributed by atoms with Crippen LogP contribution < -0.4 is 10.1 Å². The Labute approximate surface area is 128 Å². The van der Waals surface area contributed by atoms with Crippen LogP contribution in [0.4, 0.5) is 5.69 Å². The van der Waals surface area contributed by atoms with E-state index < -0.39 is 17.4 Å². The average Bonchev–Trinajstić information content (AvgIpc) is 2.49. The predicted molar refractivity (Wildman–Crippen MR) is 79.7 cm³/mol. The molecule has 2 aliphatic rings. The normalized spacial score (nSPS) is 24.4. The lowest BCUT2D eigenvalue weighted by Gasteiger charge is -2.38. The quantitative estimate of drug-likeness (QED) is 0.793. The van der Waals surface area contributed by atoms with E-state index in [2.05, 4.69) is 5.32 Å². The lowest BCUT2D eigenvalue weighted by Crippen LogP contribution is -2.60. The van der Waals surface area contributed by atoms with Gasteiger partial charge in [-0.1, -0.05) is 6.07 Å². The Hall–Kier alpha value is -2.37. The maximum atomic E-state index is 12.7. The summed E-state index contributed by atoms with van der Waals surface area (Å²) in [7, 11) is 0. The van der Waals surface area contributed by atoms with Crippen molar-refractivity contribution in [3.8, 4) is 5.75 Å².